The summed E-state index contributed by atoms with van der Waals surface area (Å²) in [4.78, 5) is 14.8. The van der Waals surface area contributed by atoms with Crippen LogP contribution in [0.2, 0.25) is 0 Å². The van der Waals surface area contributed by atoms with E-state index in [1.165, 1.54) is 38.6 Å². The number of ketones is 1. The van der Waals surface area contributed by atoms with Crippen LogP contribution in [-0.2, 0) is 9.84 Å². The largest absolute Gasteiger partial charge is 0.494 e. The zero-order valence-corrected chi connectivity index (χ0v) is 19.3. The van der Waals surface area contributed by atoms with Crippen LogP contribution in [0.5, 0.6) is 17.2 Å². The number of nitrogens with zero attached hydrogens (tertiary/aromatic N) is 1. The molecule has 0 radical (unpaired) electrons. The van der Waals surface area contributed by atoms with E-state index in [1.807, 2.05) is 19.1 Å². The molecule has 0 fully saturated rings. The minimum Gasteiger partial charge on any atom is -0.494 e. The van der Waals surface area contributed by atoms with Crippen molar-refractivity contribution in [2.24, 2.45) is 0 Å². The lowest BCUT2D eigenvalue weighted by Gasteiger charge is -2.29. The van der Waals surface area contributed by atoms with Gasteiger partial charge in [-0.2, -0.15) is 0 Å². The fraction of sp³-hybridized carbons (Fsp3) is 0.160. The van der Waals surface area contributed by atoms with Crippen molar-refractivity contribution in [3.63, 3.8) is 0 Å². The molecule has 7 nitrogen and oxygen atoms in total. The zero-order valence-electron chi connectivity index (χ0n) is 18.4. The molecule has 170 valence electrons. The van der Waals surface area contributed by atoms with E-state index in [2.05, 4.69) is 0 Å². The number of carbonyl (C=O) groups excluding carboxylic acids is 1. The maximum Gasteiger partial charge on any atom is 0.214 e. The number of carbonyl (C=O) groups is 1. The summed E-state index contributed by atoms with van der Waals surface area (Å²) in [6, 6.07) is 18.4. The Bertz CT molecular complexity index is 1330. The van der Waals surface area contributed by atoms with Crippen molar-refractivity contribution >= 4 is 27.0 Å². The topological polar surface area (TPSA) is 82.1 Å². The summed E-state index contributed by atoms with van der Waals surface area (Å²) >= 11 is 0. The van der Waals surface area contributed by atoms with E-state index in [9.17, 15) is 13.2 Å². The third-order valence-electron chi connectivity index (χ3n) is 5.25. The summed E-state index contributed by atoms with van der Waals surface area (Å²) in [5.74, 6) is 0.836. The Morgan fingerprint density at radius 1 is 0.909 bits per heavy atom. The van der Waals surface area contributed by atoms with Crippen LogP contribution in [0.4, 0.5) is 11.4 Å². The molecule has 0 unspecified atom stereocenters. The van der Waals surface area contributed by atoms with Crippen molar-refractivity contribution in [3.8, 4) is 17.2 Å². The second-order valence-corrected chi connectivity index (χ2v) is 9.05. The molecular weight excluding hydrogens is 442 g/mol. The maximum atomic E-state index is 13.4. The van der Waals surface area contributed by atoms with Gasteiger partial charge < -0.3 is 19.1 Å². The van der Waals surface area contributed by atoms with Crippen LogP contribution < -0.4 is 19.1 Å². The Hall–Kier alpha value is -3.78. The van der Waals surface area contributed by atoms with Crippen molar-refractivity contribution < 1.29 is 27.4 Å². The molecule has 3 aromatic carbocycles. The van der Waals surface area contributed by atoms with Gasteiger partial charge in [0.1, 0.15) is 10.7 Å². The van der Waals surface area contributed by atoms with Crippen LogP contribution in [-0.4, -0.2) is 35.0 Å². The van der Waals surface area contributed by atoms with E-state index in [0.29, 0.717) is 35.2 Å². The molecule has 0 saturated heterocycles. The van der Waals surface area contributed by atoms with E-state index in [4.69, 9.17) is 14.2 Å². The van der Waals surface area contributed by atoms with Crippen LogP contribution in [0.25, 0.3) is 0 Å². The van der Waals surface area contributed by atoms with Gasteiger partial charge >= 0.3 is 0 Å². The zero-order chi connectivity index (χ0) is 23.6. The molecule has 8 heteroatoms. The van der Waals surface area contributed by atoms with E-state index < -0.39 is 15.6 Å². The highest BCUT2D eigenvalue weighted by Gasteiger charge is 2.36. The lowest BCUT2D eigenvalue weighted by molar-refractivity contribution is 0.104. The number of para-hydroxylation sites is 1. The van der Waals surface area contributed by atoms with Gasteiger partial charge in [0.2, 0.25) is 15.6 Å². The number of anilines is 2. The summed E-state index contributed by atoms with van der Waals surface area (Å²) in [6.07, 6.45) is 1.37. The molecule has 0 saturated carbocycles. The quantitative estimate of drug-likeness (QED) is 0.466. The van der Waals surface area contributed by atoms with Crippen LogP contribution in [0.15, 0.2) is 82.7 Å². The summed E-state index contributed by atoms with van der Waals surface area (Å²) in [6.45, 7) is 2.43. The highest BCUT2D eigenvalue weighted by atomic mass is 32.2. The number of benzene rings is 3. The second kappa shape index (κ2) is 8.99. The Balaban J connectivity index is 1.84. The Morgan fingerprint density at radius 2 is 1.61 bits per heavy atom. The van der Waals surface area contributed by atoms with Crippen LogP contribution >= 0.6 is 0 Å². The summed E-state index contributed by atoms with van der Waals surface area (Å²) in [7, 11) is -1.11. The fourth-order valence-corrected chi connectivity index (χ4v) is 5.18. The van der Waals surface area contributed by atoms with Gasteiger partial charge in [-0.25, -0.2) is 8.42 Å². The van der Waals surface area contributed by atoms with Gasteiger partial charge in [-0.3, -0.25) is 4.79 Å². The molecule has 0 amide bonds. The number of hydrogen-bond donors (Lipinski definition) is 0. The molecule has 1 aliphatic heterocycles. The number of methoxy groups -OCH3 is 2. The smallest absolute Gasteiger partial charge is 0.214 e. The van der Waals surface area contributed by atoms with E-state index >= 15 is 0 Å². The molecule has 0 atom stereocenters. The Labute approximate surface area is 192 Å². The molecule has 0 aromatic heterocycles. The molecule has 1 aliphatic rings. The summed E-state index contributed by atoms with van der Waals surface area (Å²) in [5, 5.41) is 0. The predicted molar refractivity (Wildman–Crippen MR) is 125 cm³/mol. The lowest BCUT2D eigenvalue weighted by Crippen LogP contribution is -2.25. The van der Waals surface area contributed by atoms with Gasteiger partial charge in [0, 0.05) is 17.5 Å². The highest BCUT2D eigenvalue weighted by molar-refractivity contribution is 7.96. The van der Waals surface area contributed by atoms with Crippen LogP contribution in [0, 0.1) is 0 Å². The molecule has 1 heterocycles. The molecule has 4 rings (SSSR count). The molecule has 0 aliphatic carbocycles. The molecule has 0 bridgehead atoms. The molecule has 3 aromatic rings. The average Bonchev–Trinajstić information content (AvgIpc) is 2.84. The lowest BCUT2D eigenvalue weighted by atomic mass is 10.1. The number of fused-ring (bicyclic) bond motifs is 1. The van der Waals surface area contributed by atoms with Crippen molar-refractivity contribution in [1.82, 2.24) is 0 Å². The number of hydrogen-bond acceptors (Lipinski definition) is 7. The van der Waals surface area contributed by atoms with Gasteiger partial charge in [0.05, 0.1) is 31.4 Å². The van der Waals surface area contributed by atoms with Gasteiger partial charge in [0.15, 0.2) is 11.5 Å². The third kappa shape index (κ3) is 4.05. The van der Waals surface area contributed by atoms with Gasteiger partial charge in [-0.05, 0) is 61.5 Å². The van der Waals surface area contributed by atoms with E-state index in [0.717, 1.165) is 0 Å². The third-order valence-corrected chi connectivity index (χ3v) is 7.04. The maximum absolute atomic E-state index is 13.4. The summed E-state index contributed by atoms with van der Waals surface area (Å²) < 4.78 is 42.8. The predicted octanol–water partition coefficient (Wildman–Crippen LogP) is 4.75. The van der Waals surface area contributed by atoms with Crippen LogP contribution in [0.3, 0.4) is 0 Å². The Morgan fingerprint density at radius 3 is 2.27 bits per heavy atom. The van der Waals surface area contributed by atoms with E-state index in [-0.39, 0.29) is 15.4 Å². The van der Waals surface area contributed by atoms with Crippen molar-refractivity contribution in [2.45, 2.75) is 11.8 Å². The fourth-order valence-electron chi connectivity index (χ4n) is 3.64. The minimum atomic E-state index is -4.05. The number of ether oxygens (including phenoxy) is 3. The van der Waals surface area contributed by atoms with Crippen LogP contribution in [0.1, 0.15) is 17.3 Å². The molecule has 0 spiro atoms. The summed E-state index contributed by atoms with van der Waals surface area (Å²) in [5.41, 5.74) is 1.33. The van der Waals surface area contributed by atoms with Gasteiger partial charge in [0.25, 0.3) is 0 Å². The van der Waals surface area contributed by atoms with Crippen molar-refractivity contribution in [2.75, 3.05) is 25.7 Å². The SMILES string of the molecule is CCOc1ccc(N2C=C(C(=O)c3ccc(OC)c(OC)c3)S(=O)(=O)c3ccccc32)cc1. The molecular formula is C25H23NO6S. The van der Waals surface area contributed by atoms with Gasteiger partial charge in [-0.1, -0.05) is 12.1 Å². The first-order valence-electron chi connectivity index (χ1n) is 10.3. The number of allylic oxidation sites excluding steroid dienone is 1. The molecule has 0 N–H and O–H groups in total. The van der Waals surface area contributed by atoms with Gasteiger partial charge in [-0.15, -0.1) is 0 Å². The monoisotopic (exact) mass is 465 g/mol. The van der Waals surface area contributed by atoms with Crippen molar-refractivity contribution in [1.29, 1.82) is 0 Å². The number of rotatable bonds is 7. The standard InChI is InChI=1S/C25H23NO6S/c1-4-32-19-12-10-18(11-13-19)26-16-24(33(28,29)23-8-6-5-7-20(23)26)25(27)17-9-14-21(30-2)22(15-17)31-3/h5-16H,4H2,1-3H3. The number of Topliss-reactive ketones (excluding diaryl/α,β-unsaturated/α-hetero) is 1. The first-order chi connectivity index (χ1) is 15.9. The number of sulfone groups is 1. The molecule has 33 heavy (non-hydrogen) atoms. The highest BCUT2D eigenvalue weighted by Crippen LogP contribution is 2.41. The second-order valence-electron chi connectivity index (χ2n) is 7.16. The first kappa shape index (κ1) is 22.4. The average molecular weight is 466 g/mol. The first-order valence-corrected chi connectivity index (χ1v) is 11.7. The van der Waals surface area contributed by atoms with Crippen molar-refractivity contribution in [3.05, 3.63) is 83.4 Å². The minimum absolute atomic E-state index is 0.0604. The normalized spacial score (nSPS) is 14.2. The van der Waals surface area contributed by atoms with E-state index in [1.54, 1.807) is 41.3 Å². The Kier molecular flexibility index (Phi) is 6.11.